The molecule has 18 heavy (non-hydrogen) atoms. The fourth-order valence-corrected chi connectivity index (χ4v) is 2.82. The first kappa shape index (κ1) is 13.3. The van der Waals surface area contributed by atoms with Gasteiger partial charge in [0.2, 0.25) is 0 Å². The second-order valence-electron chi connectivity index (χ2n) is 5.79. The van der Waals surface area contributed by atoms with Crippen molar-refractivity contribution in [2.75, 3.05) is 0 Å². The molecule has 0 radical (unpaired) electrons. The Morgan fingerprint density at radius 1 is 1.22 bits per heavy atom. The zero-order chi connectivity index (χ0) is 13.3. The first-order valence-corrected chi connectivity index (χ1v) is 6.79. The van der Waals surface area contributed by atoms with Crippen LogP contribution in [0, 0.1) is 30.5 Å². The molecule has 2 rings (SSSR count). The highest BCUT2D eigenvalue weighted by Gasteiger charge is 2.29. The van der Waals surface area contributed by atoms with Gasteiger partial charge in [0.1, 0.15) is 5.82 Å². The minimum atomic E-state index is -0.239. The lowest BCUT2D eigenvalue weighted by molar-refractivity contribution is 0.0837. The fraction of sp³-hybridized carbons (Fsp3) is 0.562. The standard InChI is InChI=1S/C16H21FO/c1-10-4-5-13(8-11(10)2)16(18)14-6-7-15(17)12(3)9-14/h6-7,9-11,13H,4-5,8H2,1-3H3. The molecular formula is C16H21FO. The van der Waals surface area contributed by atoms with Crippen molar-refractivity contribution in [3.8, 4) is 0 Å². The van der Waals surface area contributed by atoms with Crippen LogP contribution in [0.4, 0.5) is 4.39 Å². The van der Waals surface area contributed by atoms with E-state index in [-0.39, 0.29) is 17.5 Å². The van der Waals surface area contributed by atoms with Crippen molar-refractivity contribution in [2.24, 2.45) is 17.8 Å². The molecule has 1 aromatic rings. The number of Topliss-reactive ketones (excluding diaryl/α,β-unsaturated/α-hetero) is 1. The van der Waals surface area contributed by atoms with Crippen molar-refractivity contribution in [2.45, 2.75) is 40.0 Å². The van der Waals surface area contributed by atoms with Gasteiger partial charge in [0, 0.05) is 11.5 Å². The van der Waals surface area contributed by atoms with Crippen LogP contribution in [0.1, 0.15) is 49.0 Å². The van der Waals surface area contributed by atoms with E-state index in [4.69, 9.17) is 0 Å². The molecule has 0 bridgehead atoms. The number of aryl methyl sites for hydroxylation is 1. The van der Waals surface area contributed by atoms with Crippen molar-refractivity contribution in [1.29, 1.82) is 0 Å². The van der Waals surface area contributed by atoms with Crippen molar-refractivity contribution in [3.05, 3.63) is 35.1 Å². The molecule has 1 nitrogen and oxygen atoms in total. The summed E-state index contributed by atoms with van der Waals surface area (Å²) >= 11 is 0. The predicted molar refractivity (Wildman–Crippen MR) is 71.1 cm³/mol. The van der Waals surface area contributed by atoms with Gasteiger partial charge in [-0.15, -0.1) is 0 Å². The Hall–Kier alpha value is -1.18. The van der Waals surface area contributed by atoms with E-state index in [0.29, 0.717) is 23.0 Å². The highest BCUT2D eigenvalue weighted by atomic mass is 19.1. The van der Waals surface area contributed by atoms with Gasteiger partial charge < -0.3 is 0 Å². The quantitative estimate of drug-likeness (QED) is 0.709. The monoisotopic (exact) mass is 248 g/mol. The molecule has 3 atom stereocenters. The van der Waals surface area contributed by atoms with Crippen LogP contribution in [0.5, 0.6) is 0 Å². The lowest BCUT2D eigenvalue weighted by Gasteiger charge is -2.31. The summed E-state index contributed by atoms with van der Waals surface area (Å²) in [5, 5.41) is 0. The third-order valence-electron chi connectivity index (χ3n) is 4.41. The van der Waals surface area contributed by atoms with Crippen LogP contribution in [-0.4, -0.2) is 5.78 Å². The van der Waals surface area contributed by atoms with E-state index in [0.717, 1.165) is 19.3 Å². The highest BCUT2D eigenvalue weighted by molar-refractivity contribution is 5.98. The summed E-state index contributed by atoms with van der Waals surface area (Å²) in [6.45, 7) is 6.19. The Bertz CT molecular complexity index is 452. The smallest absolute Gasteiger partial charge is 0.165 e. The van der Waals surface area contributed by atoms with Crippen molar-refractivity contribution in [3.63, 3.8) is 0 Å². The van der Waals surface area contributed by atoms with Crippen molar-refractivity contribution < 1.29 is 9.18 Å². The maximum absolute atomic E-state index is 13.2. The molecule has 1 aliphatic rings. The number of benzene rings is 1. The van der Waals surface area contributed by atoms with Crippen molar-refractivity contribution >= 4 is 5.78 Å². The molecule has 0 heterocycles. The Morgan fingerprint density at radius 3 is 2.56 bits per heavy atom. The van der Waals surface area contributed by atoms with Crippen LogP contribution in [-0.2, 0) is 0 Å². The number of halogens is 1. The number of hydrogen-bond donors (Lipinski definition) is 0. The largest absolute Gasteiger partial charge is 0.294 e. The predicted octanol–water partition coefficient (Wildman–Crippen LogP) is 4.39. The van der Waals surface area contributed by atoms with E-state index in [1.165, 1.54) is 6.07 Å². The molecule has 3 unspecified atom stereocenters. The van der Waals surface area contributed by atoms with E-state index < -0.39 is 0 Å². The maximum Gasteiger partial charge on any atom is 0.165 e. The molecular weight excluding hydrogens is 227 g/mol. The van der Waals surface area contributed by atoms with Gasteiger partial charge in [-0.05, 0) is 61.8 Å². The lowest BCUT2D eigenvalue weighted by Crippen LogP contribution is -2.26. The molecule has 1 fully saturated rings. The molecule has 1 aliphatic carbocycles. The van der Waals surface area contributed by atoms with Crippen molar-refractivity contribution in [1.82, 2.24) is 0 Å². The Balaban J connectivity index is 2.14. The van der Waals surface area contributed by atoms with Crippen LogP contribution in [0.3, 0.4) is 0 Å². The van der Waals surface area contributed by atoms with Crippen LogP contribution >= 0.6 is 0 Å². The van der Waals surface area contributed by atoms with Gasteiger partial charge in [-0.2, -0.15) is 0 Å². The molecule has 0 aromatic heterocycles. The number of hydrogen-bond acceptors (Lipinski definition) is 1. The summed E-state index contributed by atoms with van der Waals surface area (Å²) in [5.74, 6) is 1.40. The molecule has 98 valence electrons. The van der Waals surface area contributed by atoms with Gasteiger partial charge in [-0.25, -0.2) is 4.39 Å². The molecule has 0 saturated heterocycles. The van der Waals surface area contributed by atoms with E-state index in [9.17, 15) is 9.18 Å². The second-order valence-corrected chi connectivity index (χ2v) is 5.79. The molecule has 0 spiro atoms. The van der Waals surface area contributed by atoms with Gasteiger partial charge in [-0.1, -0.05) is 13.8 Å². The third-order valence-corrected chi connectivity index (χ3v) is 4.41. The fourth-order valence-electron chi connectivity index (χ4n) is 2.82. The normalized spacial score (nSPS) is 28.1. The SMILES string of the molecule is Cc1cc(C(=O)C2CCC(C)C(C)C2)ccc1F. The average molecular weight is 248 g/mol. The lowest BCUT2D eigenvalue weighted by atomic mass is 9.73. The Labute approximate surface area is 108 Å². The first-order valence-electron chi connectivity index (χ1n) is 6.79. The van der Waals surface area contributed by atoms with Crippen LogP contribution in [0.2, 0.25) is 0 Å². The zero-order valence-corrected chi connectivity index (χ0v) is 11.4. The molecule has 0 N–H and O–H groups in total. The van der Waals surface area contributed by atoms with Gasteiger partial charge in [-0.3, -0.25) is 4.79 Å². The van der Waals surface area contributed by atoms with Crippen LogP contribution in [0.25, 0.3) is 0 Å². The van der Waals surface area contributed by atoms with Crippen LogP contribution < -0.4 is 0 Å². The summed E-state index contributed by atoms with van der Waals surface area (Å²) in [6.07, 6.45) is 3.06. The molecule has 0 amide bonds. The van der Waals surface area contributed by atoms with Gasteiger partial charge >= 0.3 is 0 Å². The summed E-state index contributed by atoms with van der Waals surface area (Å²) < 4.78 is 13.2. The van der Waals surface area contributed by atoms with Crippen LogP contribution in [0.15, 0.2) is 18.2 Å². The van der Waals surface area contributed by atoms with E-state index >= 15 is 0 Å². The van der Waals surface area contributed by atoms with E-state index in [2.05, 4.69) is 13.8 Å². The number of ketones is 1. The summed E-state index contributed by atoms with van der Waals surface area (Å²) in [7, 11) is 0. The Morgan fingerprint density at radius 2 is 1.94 bits per heavy atom. The topological polar surface area (TPSA) is 17.1 Å². The average Bonchev–Trinajstić information content (AvgIpc) is 2.35. The molecule has 1 aromatic carbocycles. The van der Waals surface area contributed by atoms with E-state index in [1.54, 1.807) is 19.1 Å². The van der Waals surface area contributed by atoms with Gasteiger partial charge in [0.05, 0.1) is 0 Å². The number of carbonyl (C=O) groups excluding carboxylic acids is 1. The molecule has 2 heteroatoms. The minimum Gasteiger partial charge on any atom is -0.294 e. The first-order chi connectivity index (χ1) is 8.49. The highest BCUT2D eigenvalue weighted by Crippen LogP contribution is 2.35. The van der Waals surface area contributed by atoms with E-state index in [1.807, 2.05) is 0 Å². The molecule has 0 aliphatic heterocycles. The summed E-state index contributed by atoms with van der Waals surface area (Å²) in [4.78, 5) is 12.4. The number of rotatable bonds is 2. The number of carbonyl (C=O) groups is 1. The van der Waals surface area contributed by atoms with Gasteiger partial charge in [0.15, 0.2) is 5.78 Å². The van der Waals surface area contributed by atoms with Gasteiger partial charge in [0.25, 0.3) is 0 Å². The zero-order valence-electron chi connectivity index (χ0n) is 11.4. The Kier molecular flexibility index (Phi) is 3.84. The third kappa shape index (κ3) is 2.63. The maximum atomic E-state index is 13.2. The summed E-state index contributed by atoms with van der Waals surface area (Å²) in [5.41, 5.74) is 1.22. The second kappa shape index (κ2) is 5.21. The minimum absolute atomic E-state index is 0.126. The summed E-state index contributed by atoms with van der Waals surface area (Å²) in [6, 6.07) is 4.70. The molecule has 1 saturated carbocycles.